The molecule has 0 saturated heterocycles. The van der Waals surface area contributed by atoms with Gasteiger partial charge in [0.1, 0.15) is 17.2 Å². The number of rotatable bonds is 5. The normalized spacial score (nSPS) is 10.7. The quantitative estimate of drug-likeness (QED) is 0.672. The van der Waals surface area contributed by atoms with Crippen LogP contribution in [0.5, 0.6) is 0 Å². The van der Waals surface area contributed by atoms with Gasteiger partial charge in [-0.05, 0) is 6.07 Å². The maximum Gasteiger partial charge on any atom is 0.207 e. The van der Waals surface area contributed by atoms with E-state index in [9.17, 15) is 0 Å². The van der Waals surface area contributed by atoms with E-state index in [0.717, 1.165) is 20.3 Å². The summed E-state index contributed by atoms with van der Waals surface area (Å²) in [4.78, 5) is 0. The van der Waals surface area contributed by atoms with E-state index in [0.29, 0.717) is 0 Å². The third-order valence-corrected chi connectivity index (χ3v) is 4.44. The summed E-state index contributed by atoms with van der Waals surface area (Å²) < 4.78 is 0.999. The van der Waals surface area contributed by atoms with Gasteiger partial charge in [-0.2, -0.15) is 0 Å². The van der Waals surface area contributed by atoms with Crippen molar-refractivity contribution in [2.24, 2.45) is 0 Å². The van der Waals surface area contributed by atoms with Gasteiger partial charge in [0.05, 0.1) is 0 Å². The molecule has 0 amide bonds. The Hall–Kier alpha value is -1.58. The Balaban J connectivity index is 1.88. The highest BCUT2D eigenvalue weighted by atomic mass is 79.9. The molecule has 0 atom stereocenters. The zero-order valence-electron chi connectivity index (χ0n) is 10.0. The molecule has 2 aromatic heterocycles. The molecule has 3 rings (SSSR count). The lowest BCUT2D eigenvalue weighted by molar-refractivity contribution is 0.874. The number of aromatic nitrogens is 4. The minimum Gasteiger partial charge on any atom is -0.336 e. The Morgan fingerprint density at radius 1 is 0.950 bits per heavy atom. The van der Waals surface area contributed by atoms with Crippen molar-refractivity contribution in [2.45, 2.75) is 6.17 Å². The molecule has 1 aromatic carbocycles. The largest absolute Gasteiger partial charge is 0.336 e. The zero-order chi connectivity index (χ0) is 13.8. The molecule has 6 nitrogen and oxygen atoms in total. The SMILES string of the molecule is Brc1ccccc1C(Nc1nncs1)Nc1nncs1. The molecule has 0 fully saturated rings. The summed E-state index contributed by atoms with van der Waals surface area (Å²) in [6.45, 7) is 0. The van der Waals surface area contributed by atoms with Crippen LogP contribution in [0.2, 0.25) is 0 Å². The van der Waals surface area contributed by atoms with Crippen LogP contribution < -0.4 is 10.6 Å². The van der Waals surface area contributed by atoms with E-state index in [4.69, 9.17) is 0 Å². The Morgan fingerprint density at radius 3 is 2.05 bits per heavy atom. The highest BCUT2D eigenvalue weighted by Crippen LogP contribution is 2.28. The van der Waals surface area contributed by atoms with Crippen LogP contribution in [0.1, 0.15) is 11.7 Å². The van der Waals surface area contributed by atoms with Crippen molar-refractivity contribution >= 4 is 48.9 Å². The van der Waals surface area contributed by atoms with E-state index in [1.807, 2.05) is 24.3 Å². The third kappa shape index (κ3) is 3.11. The molecule has 0 aliphatic rings. The minimum atomic E-state index is -0.175. The Kier molecular flexibility index (Phi) is 4.19. The third-order valence-electron chi connectivity index (χ3n) is 2.47. The van der Waals surface area contributed by atoms with Crippen molar-refractivity contribution in [2.75, 3.05) is 10.6 Å². The van der Waals surface area contributed by atoms with Crippen molar-refractivity contribution in [3.8, 4) is 0 Å². The monoisotopic (exact) mass is 368 g/mol. The fourth-order valence-corrected chi connectivity index (χ4v) is 3.08. The summed E-state index contributed by atoms with van der Waals surface area (Å²) in [5.41, 5.74) is 4.42. The summed E-state index contributed by atoms with van der Waals surface area (Å²) in [5.74, 6) is 0. The predicted molar refractivity (Wildman–Crippen MR) is 83.9 cm³/mol. The minimum absolute atomic E-state index is 0.175. The summed E-state index contributed by atoms with van der Waals surface area (Å²) in [5, 5.41) is 23.8. The van der Waals surface area contributed by atoms with E-state index < -0.39 is 0 Å². The molecule has 0 aliphatic heterocycles. The number of nitrogens with one attached hydrogen (secondary N) is 2. The molecule has 3 aromatic rings. The van der Waals surface area contributed by atoms with Gasteiger partial charge in [-0.3, -0.25) is 0 Å². The van der Waals surface area contributed by atoms with Crippen LogP contribution in [-0.2, 0) is 0 Å². The van der Waals surface area contributed by atoms with Gasteiger partial charge in [0.2, 0.25) is 10.3 Å². The van der Waals surface area contributed by atoms with Gasteiger partial charge in [0.25, 0.3) is 0 Å². The van der Waals surface area contributed by atoms with Gasteiger partial charge < -0.3 is 10.6 Å². The summed E-state index contributed by atoms with van der Waals surface area (Å²) in [6.07, 6.45) is -0.175. The Labute approximate surface area is 131 Å². The van der Waals surface area contributed by atoms with Gasteiger partial charge in [-0.25, -0.2) is 0 Å². The lowest BCUT2D eigenvalue weighted by atomic mass is 10.2. The fourth-order valence-electron chi connectivity index (χ4n) is 1.62. The van der Waals surface area contributed by atoms with Crippen LogP contribution in [0.3, 0.4) is 0 Å². The maximum absolute atomic E-state index is 4.01. The summed E-state index contributed by atoms with van der Waals surface area (Å²) in [6, 6.07) is 7.97. The van der Waals surface area contributed by atoms with E-state index in [1.54, 1.807) is 11.0 Å². The molecule has 102 valence electrons. The number of benzene rings is 1. The molecule has 0 aliphatic carbocycles. The molecule has 9 heteroatoms. The summed E-state index contributed by atoms with van der Waals surface area (Å²) >= 11 is 6.45. The second kappa shape index (κ2) is 6.25. The first-order chi connectivity index (χ1) is 9.83. The molecular weight excluding hydrogens is 360 g/mol. The molecular formula is C11H9BrN6S2. The topological polar surface area (TPSA) is 75.6 Å². The average molecular weight is 369 g/mol. The summed E-state index contributed by atoms with van der Waals surface area (Å²) in [7, 11) is 0. The van der Waals surface area contributed by atoms with E-state index in [2.05, 4.69) is 47.0 Å². The van der Waals surface area contributed by atoms with E-state index in [1.165, 1.54) is 22.7 Å². The number of halogens is 1. The molecule has 2 heterocycles. The lowest BCUT2D eigenvalue weighted by Crippen LogP contribution is -2.20. The lowest BCUT2D eigenvalue weighted by Gasteiger charge is -2.20. The molecule has 0 saturated carbocycles. The number of nitrogens with zero attached hydrogens (tertiary/aromatic N) is 4. The first-order valence-corrected chi connectivity index (χ1v) is 8.18. The van der Waals surface area contributed by atoms with Crippen molar-refractivity contribution in [1.82, 2.24) is 20.4 Å². The van der Waals surface area contributed by atoms with Crippen molar-refractivity contribution in [3.63, 3.8) is 0 Å². The number of hydrogen-bond acceptors (Lipinski definition) is 8. The number of hydrogen-bond donors (Lipinski definition) is 2. The van der Waals surface area contributed by atoms with Crippen molar-refractivity contribution in [3.05, 3.63) is 45.3 Å². The van der Waals surface area contributed by atoms with Crippen molar-refractivity contribution < 1.29 is 0 Å². The van der Waals surface area contributed by atoms with Crippen LogP contribution in [0, 0.1) is 0 Å². The van der Waals surface area contributed by atoms with Crippen LogP contribution in [0.15, 0.2) is 39.8 Å². The number of anilines is 2. The van der Waals surface area contributed by atoms with Gasteiger partial charge in [-0.1, -0.05) is 56.8 Å². The highest BCUT2D eigenvalue weighted by Gasteiger charge is 2.16. The molecule has 0 unspecified atom stereocenters. The first-order valence-electron chi connectivity index (χ1n) is 5.63. The second-order valence-electron chi connectivity index (χ2n) is 3.73. The van der Waals surface area contributed by atoms with Crippen LogP contribution in [0.25, 0.3) is 0 Å². The molecule has 20 heavy (non-hydrogen) atoms. The standard InChI is InChI=1S/C11H9BrN6S2/c12-8-4-2-1-3-7(8)9(15-10-17-13-5-19-10)16-11-18-14-6-20-11/h1-6,9H,(H,15,17)(H,16,18). The van der Waals surface area contributed by atoms with Gasteiger partial charge >= 0.3 is 0 Å². The Morgan fingerprint density at radius 2 is 1.55 bits per heavy atom. The van der Waals surface area contributed by atoms with Gasteiger partial charge in [-0.15, -0.1) is 20.4 Å². The van der Waals surface area contributed by atoms with Crippen LogP contribution in [0.4, 0.5) is 10.3 Å². The fraction of sp³-hybridized carbons (Fsp3) is 0.0909. The van der Waals surface area contributed by atoms with Gasteiger partial charge in [0, 0.05) is 10.0 Å². The second-order valence-corrected chi connectivity index (χ2v) is 6.25. The molecule has 0 spiro atoms. The Bertz CT molecular complexity index is 621. The zero-order valence-corrected chi connectivity index (χ0v) is 13.2. The smallest absolute Gasteiger partial charge is 0.207 e. The maximum atomic E-state index is 4.01. The molecule has 2 N–H and O–H groups in total. The van der Waals surface area contributed by atoms with Crippen molar-refractivity contribution in [1.29, 1.82) is 0 Å². The van der Waals surface area contributed by atoms with Gasteiger partial charge in [0.15, 0.2) is 0 Å². The van der Waals surface area contributed by atoms with Crippen LogP contribution in [-0.4, -0.2) is 20.4 Å². The molecule has 0 bridgehead atoms. The average Bonchev–Trinajstić information content (AvgIpc) is 3.12. The van der Waals surface area contributed by atoms with E-state index in [-0.39, 0.29) is 6.17 Å². The van der Waals surface area contributed by atoms with E-state index >= 15 is 0 Å². The highest BCUT2D eigenvalue weighted by molar-refractivity contribution is 9.10. The molecule has 0 radical (unpaired) electrons. The van der Waals surface area contributed by atoms with Crippen LogP contribution >= 0.6 is 38.6 Å². The predicted octanol–water partition coefficient (Wildman–Crippen LogP) is 3.37. The first kappa shape index (κ1) is 13.4.